The molecule has 102 valence electrons. The fraction of sp³-hybridized carbons (Fsp3) is 0.133. The standard InChI is InChI=1S/C15H15N3O2/c1-4-7-14-16-15(11(3)17(14)5-2)12-8-6-9-13(10-12)18(19)20/h4-10H,2H2,1,3H3/b7-4-. The Hall–Kier alpha value is -2.69. The highest BCUT2D eigenvalue weighted by Gasteiger charge is 2.14. The van der Waals surface area contributed by atoms with Crippen LogP contribution in [0.5, 0.6) is 0 Å². The Labute approximate surface area is 117 Å². The van der Waals surface area contributed by atoms with Crippen molar-refractivity contribution in [1.82, 2.24) is 9.55 Å². The number of hydrogen-bond donors (Lipinski definition) is 0. The number of non-ortho nitro benzene ring substituents is 1. The van der Waals surface area contributed by atoms with Gasteiger partial charge in [0.1, 0.15) is 5.82 Å². The Bertz CT molecular complexity index is 699. The number of nitrogens with zero attached hydrogens (tertiary/aromatic N) is 3. The molecule has 1 aromatic carbocycles. The molecular formula is C15H15N3O2. The molecule has 20 heavy (non-hydrogen) atoms. The number of rotatable bonds is 4. The van der Waals surface area contributed by atoms with Gasteiger partial charge in [-0.2, -0.15) is 0 Å². The largest absolute Gasteiger partial charge is 0.304 e. The molecule has 0 amide bonds. The third-order valence-corrected chi connectivity index (χ3v) is 3.01. The van der Waals surface area contributed by atoms with Crippen molar-refractivity contribution >= 4 is 18.0 Å². The van der Waals surface area contributed by atoms with Crippen LogP contribution in [0.25, 0.3) is 23.5 Å². The lowest BCUT2D eigenvalue weighted by molar-refractivity contribution is -0.384. The van der Waals surface area contributed by atoms with Crippen molar-refractivity contribution in [2.75, 3.05) is 0 Å². The van der Waals surface area contributed by atoms with Crippen LogP contribution >= 0.6 is 0 Å². The van der Waals surface area contributed by atoms with Crippen LogP contribution in [0.2, 0.25) is 0 Å². The highest BCUT2D eigenvalue weighted by molar-refractivity contribution is 5.68. The minimum Gasteiger partial charge on any atom is -0.304 e. The van der Waals surface area contributed by atoms with Crippen LogP contribution < -0.4 is 0 Å². The van der Waals surface area contributed by atoms with E-state index in [0.717, 1.165) is 22.8 Å². The maximum atomic E-state index is 10.9. The number of aromatic nitrogens is 2. The van der Waals surface area contributed by atoms with Crippen molar-refractivity contribution in [1.29, 1.82) is 0 Å². The van der Waals surface area contributed by atoms with Gasteiger partial charge >= 0.3 is 0 Å². The van der Waals surface area contributed by atoms with Gasteiger partial charge in [0.25, 0.3) is 5.69 Å². The highest BCUT2D eigenvalue weighted by Crippen LogP contribution is 2.27. The number of nitro benzene ring substituents is 1. The van der Waals surface area contributed by atoms with Gasteiger partial charge in [-0.25, -0.2) is 4.98 Å². The molecule has 0 bridgehead atoms. The summed E-state index contributed by atoms with van der Waals surface area (Å²) in [5.41, 5.74) is 2.40. The second-order valence-electron chi connectivity index (χ2n) is 4.26. The van der Waals surface area contributed by atoms with Crippen LogP contribution in [-0.2, 0) is 0 Å². The minimum atomic E-state index is -0.407. The molecule has 2 aromatic rings. The molecule has 0 aliphatic rings. The number of allylic oxidation sites excluding steroid dienone is 1. The fourth-order valence-corrected chi connectivity index (χ4v) is 2.07. The van der Waals surface area contributed by atoms with Crippen molar-refractivity contribution in [3.63, 3.8) is 0 Å². The van der Waals surface area contributed by atoms with Gasteiger partial charge < -0.3 is 4.57 Å². The lowest BCUT2D eigenvalue weighted by atomic mass is 10.1. The third kappa shape index (κ3) is 2.38. The van der Waals surface area contributed by atoms with Crippen molar-refractivity contribution in [3.8, 4) is 11.3 Å². The van der Waals surface area contributed by atoms with Gasteiger partial charge in [0.2, 0.25) is 0 Å². The average molecular weight is 269 g/mol. The quantitative estimate of drug-likeness (QED) is 0.624. The molecule has 0 atom stereocenters. The Kier molecular flexibility index (Phi) is 3.79. The monoisotopic (exact) mass is 269 g/mol. The van der Waals surface area contributed by atoms with E-state index in [0.29, 0.717) is 0 Å². The Morgan fingerprint density at radius 2 is 2.20 bits per heavy atom. The zero-order valence-corrected chi connectivity index (χ0v) is 11.4. The number of imidazole rings is 1. The molecule has 5 nitrogen and oxygen atoms in total. The van der Waals surface area contributed by atoms with Crippen LogP contribution in [0.4, 0.5) is 5.69 Å². The molecule has 0 aliphatic heterocycles. The molecule has 1 aromatic heterocycles. The topological polar surface area (TPSA) is 61.0 Å². The van der Waals surface area contributed by atoms with Gasteiger partial charge in [-0.1, -0.05) is 24.8 Å². The van der Waals surface area contributed by atoms with Crippen LogP contribution in [0.15, 0.2) is 36.9 Å². The lowest BCUT2D eigenvalue weighted by Crippen LogP contribution is -1.92. The maximum absolute atomic E-state index is 10.9. The summed E-state index contributed by atoms with van der Waals surface area (Å²) in [6.45, 7) is 7.59. The first-order valence-electron chi connectivity index (χ1n) is 6.17. The van der Waals surface area contributed by atoms with Crippen LogP contribution in [0, 0.1) is 17.0 Å². The van der Waals surface area contributed by atoms with Gasteiger partial charge in [0.15, 0.2) is 0 Å². The summed E-state index contributed by atoms with van der Waals surface area (Å²) in [4.78, 5) is 15.0. The molecule has 5 heteroatoms. The zero-order valence-electron chi connectivity index (χ0n) is 11.4. The molecule has 0 N–H and O–H groups in total. The van der Waals surface area contributed by atoms with E-state index in [9.17, 15) is 10.1 Å². The third-order valence-electron chi connectivity index (χ3n) is 3.01. The predicted octanol–water partition coefficient (Wildman–Crippen LogP) is 3.90. The number of hydrogen-bond acceptors (Lipinski definition) is 3. The first-order valence-corrected chi connectivity index (χ1v) is 6.17. The molecule has 0 unspecified atom stereocenters. The Balaban J connectivity index is 2.61. The molecule has 0 saturated carbocycles. The molecule has 2 rings (SSSR count). The van der Waals surface area contributed by atoms with Gasteiger partial charge in [-0.3, -0.25) is 10.1 Å². The average Bonchev–Trinajstić information content (AvgIpc) is 2.75. The van der Waals surface area contributed by atoms with Crippen LogP contribution in [0.1, 0.15) is 18.4 Å². The minimum absolute atomic E-state index is 0.0580. The summed E-state index contributed by atoms with van der Waals surface area (Å²) in [6, 6.07) is 6.47. The molecule has 0 fully saturated rings. The van der Waals surface area contributed by atoms with E-state index in [-0.39, 0.29) is 5.69 Å². The van der Waals surface area contributed by atoms with E-state index in [2.05, 4.69) is 11.6 Å². The first kappa shape index (κ1) is 13.7. The maximum Gasteiger partial charge on any atom is 0.270 e. The van der Waals surface area contributed by atoms with E-state index >= 15 is 0 Å². The van der Waals surface area contributed by atoms with Gasteiger partial charge in [-0.05, 0) is 19.9 Å². The van der Waals surface area contributed by atoms with Gasteiger partial charge in [0, 0.05) is 29.6 Å². The second-order valence-corrected chi connectivity index (χ2v) is 4.26. The Morgan fingerprint density at radius 3 is 2.80 bits per heavy atom. The smallest absolute Gasteiger partial charge is 0.270 e. The lowest BCUT2D eigenvalue weighted by Gasteiger charge is -2.01. The van der Waals surface area contributed by atoms with Crippen molar-refractivity contribution in [3.05, 3.63) is 58.6 Å². The summed E-state index contributed by atoms with van der Waals surface area (Å²) in [6.07, 6.45) is 5.44. The summed E-state index contributed by atoms with van der Waals surface area (Å²) in [5, 5.41) is 10.9. The second kappa shape index (κ2) is 5.52. The van der Waals surface area contributed by atoms with E-state index in [1.54, 1.807) is 12.3 Å². The summed E-state index contributed by atoms with van der Waals surface area (Å²) < 4.78 is 1.86. The normalized spacial score (nSPS) is 10.9. The summed E-state index contributed by atoms with van der Waals surface area (Å²) in [7, 11) is 0. The van der Waals surface area contributed by atoms with Crippen LogP contribution in [-0.4, -0.2) is 14.5 Å². The number of nitro groups is 1. The summed E-state index contributed by atoms with van der Waals surface area (Å²) >= 11 is 0. The number of benzene rings is 1. The van der Waals surface area contributed by atoms with E-state index in [1.165, 1.54) is 12.1 Å². The fourth-order valence-electron chi connectivity index (χ4n) is 2.07. The zero-order chi connectivity index (χ0) is 14.7. The Morgan fingerprint density at radius 1 is 1.45 bits per heavy atom. The van der Waals surface area contributed by atoms with E-state index in [1.807, 2.05) is 36.6 Å². The SMILES string of the molecule is C=Cn1c(/C=C\C)nc(-c2cccc([N+](=O)[O-])c2)c1C. The van der Waals surface area contributed by atoms with Gasteiger partial charge in [-0.15, -0.1) is 0 Å². The van der Waals surface area contributed by atoms with E-state index in [4.69, 9.17) is 0 Å². The molecule has 0 spiro atoms. The first-order chi connectivity index (χ1) is 9.58. The van der Waals surface area contributed by atoms with Crippen molar-refractivity contribution in [2.45, 2.75) is 13.8 Å². The van der Waals surface area contributed by atoms with E-state index < -0.39 is 4.92 Å². The highest BCUT2D eigenvalue weighted by atomic mass is 16.6. The predicted molar refractivity (Wildman–Crippen MR) is 80.1 cm³/mol. The van der Waals surface area contributed by atoms with Crippen molar-refractivity contribution in [2.24, 2.45) is 0 Å². The van der Waals surface area contributed by atoms with Crippen LogP contribution in [0.3, 0.4) is 0 Å². The van der Waals surface area contributed by atoms with Gasteiger partial charge in [0.05, 0.1) is 10.6 Å². The summed E-state index contributed by atoms with van der Waals surface area (Å²) in [5.74, 6) is 0.751. The molecule has 0 aliphatic carbocycles. The van der Waals surface area contributed by atoms with Crippen molar-refractivity contribution < 1.29 is 4.92 Å². The molecule has 0 saturated heterocycles. The molecular weight excluding hydrogens is 254 g/mol. The molecule has 1 heterocycles. The molecule has 0 radical (unpaired) electrons.